The van der Waals surface area contributed by atoms with Crippen molar-refractivity contribution < 1.29 is 13.2 Å². The number of likely N-dealkylation sites (N-methyl/N-ethyl adjacent to an activating group) is 1. The van der Waals surface area contributed by atoms with E-state index in [0.29, 0.717) is 11.1 Å². The highest BCUT2D eigenvalue weighted by atomic mass is 35.5. The molecule has 2 aromatic rings. The fraction of sp³-hybridized carbons (Fsp3) is 0.278. The number of benzene rings is 2. The van der Waals surface area contributed by atoms with Crippen molar-refractivity contribution in [1.82, 2.24) is 10.2 Å². The highest BCUT2D eigenvalue weighted by Crippen LogP contribution is 2.34. The second-order valence-corrected chi connectivity index (χ2v) is 9.39. The number of carbonyl (C=O) groups is 1. The van der Waals surface area contributed by atoms with E-state index < -0.39 is 25.6 Å². The number of hydrogen-bond acceptors (Lipinski definition) is 4. The lowest BCUT2D eigenvalue weighted by Crippen LogP contribution is -2.57. The lowest BCUT2D eigenvalue weighted by Gasteiger charge is -2.35. The summed E-state index contributed by atoms with van der Waals surface area (Å²) in [5.74, 6) is -0.569. The van der Waals surface area contributed by atoms with E-state index in [2.05, 4.69) is 5.32 Å². The summed E-state index contributed by atoms with van der Waals surface area (Å²) >= 11 is 12.7. The average molecular weight is 415 g/mol. The number of sulfone groups is 1. The molecule has 140 valence electrons. The molecule has 0 saturated heterocycles. The minimum atomic E-state index is -4.06. The van der Waals surface area contributed by atoms with Gasteiger partial charge in [0.15, 0.2) is 5.37 Å². The fourth-order valence-corrected chi connectivity index (χ4v) is 4.82. The Morgan fingerprint density at radius 2 is 1.58 bits per heavy atom. The predicted octanol–water partition coefficient (Wildman–Crippen LogP) is 3.22. The third-order valence-corrected chi connectivity index (χ3v) is 7.33. The molecule has 0 fully saturated rings. The van der Waals surface area contributed by atoms with E-state index in [9.17, 15) is 13.2 Å². The summed E-state index contributed by atoms with van der Waals surface area (Å²) in [6.07, 6.45) is 0. The summed E-state index contributed by atoms with van der Waals surface area (Å²) < 4.78 is 24.4. The lowest BCUT2D eigenvalue weighted by atomic mass is 10.1. The number of aryl methyl sites for hydroxylation is 1. The van der Waals surface area contributed by atoms with Gasteiger partial charge in [-0.05, 0) is 44.8 Å². The first-order valence-electron chi connectivity index (χ1n) is 7.79. The van der Waals surface area contributed by atoms with Crippen molar-refractivity contribution in [1.29, 1.82) is 0 Å². The van der Waals surface area contributed by atoms with Gasteiger partial charge >= 0.3 is 0 Å². The maximum atomic E-state index is 13.1. The van der Waals surface area contributed by atoms with Crippen LogP contribution in [0.15, 0.2) is 59.5 Å². The van der Waals surface area contributed by atoms with Crippen molar-refractivity contribution >= 4 is 38.9 Å². The van der Waals surface area contributed by atoms with Crippen LogP contribution in [-0.4, -0.2) is 43.2 Å². The van der Waals surface area contributed by atoms with Gasteiger partial charge in [-0.15, -0.1) is 0 Å². The van der Waals surface area contributed by atoms with Crippen molar-refractivity contribution in [3.8, 4) is 0 Å². The van der Waals surface area contributed by atoms with Crippen LogP contribution in [0.3, 0.4) is 0 Å². The summed E-state index contributed by atoms with van der Waals surface area (Å²) in [7, 11) is -0.987. The van der Waals surface area contributed by atoms with Crippen LogP contribution in [-0.2, 0) is 9.84 Å². The first-order chi connectivity index (χ1) is 12.1. The van der Waals surface area contributed by atoms with Crippen LogP contribution in [0.5, 0.6) is 0 Å². The number of nitrogens with zero attached hydrogens (tertiary/aromatic N) is 1. The van der Waals surface area contributed by atoms with Gasteiger partial charge < -0.3 is 5.32 Å². The van der Waals surface area contributed by atoms with Gasteiger partial charge in [0.25, 0.3) is 5.91 Å². The highest BCUT2D eigenvalue weighted by Gasteiger charge is 2.47. The Bertz CT molecular complexity index is 884. The van der Waals surface area contributed by atoms with Crippen LogP contribution in [0.1, 0.15) is 15.9 Å². The molecule has 0 spiro atoms. The van der Waals surface area contributed by atoms with Gasteiger partial charge in [0.2, 0.25) is 14.3 Å². The zero-order chi connectivity index (χ0) is 19.5. The first-order valence-corrected chi connectivity index (χ1v) is 10.1. The molecule has 2 aromatic carbocycles. The molecular weight excluding hydrogens is 395 g/mol. The maximum absolute atomic E-state index is 13.1. The van der Waals surface area contributed by atoms with Gasteiger partial charge in [-0.2, -0.15) is 0 Å². The van der Waals surface area contributed by atoms with E-state index >= 15 is 0 Å². The second-order valence-electron chi connectivity index (χ2n) is 6.01. The van der Waals surface area contributed by atoms with Crippen molar-refractivity contribution in [2.24, 2.45) is 0 Å². The largest absolute Gasteiger partial charge is 0.331 e. The van der Waals surface area contributed by atoms with Gasteiger partial charge in [0, 0.05) is 5.56 Å². The summed E-state index contributed by atoms with van der Waals surface area (Å²) in [6.45, 7) is 1.76. The van der Waals surface area contributed by atoms with Gasteiger partial charge in [0.1, 0.15) is 0 Å². The van der Waals surface area contributed by atoms with Gasteiger partial charge in [-0.25, -0.2) is 8.42 Å². The smallest absolute Gasteiger partial charge is 0.252 e. The Labute approximate surface area is 163 Å². The SMILES string of the molecule is Cc1ccccc1C(=O)NC(C(Cl)(Cl)N(C)C)S(=O)(=O)c1ccccc1. The Morgan fingerprint density at radius 3 is 2.12 bits per heavy atom. The number of rotatable bonds is 6. The van der Waals surface area contributed by atoms with Gasteiger partial charge in [-0.1, -0.05) is 59.6 Å². The molecule has 0 aliphatic carbocycles. The summed E-state index contributed by atoms with van der Waals surface area (Å²) in [4.78, 5) is 14.1. The Hall–Kier alpha value is -1.60. The number of halogens is 2. The number of hydrogen-bond donors (Lipinski definition) is 1. The number of alkyl halides is 2. The van der Waals surface area contributed by atoms with E-state index in [-0.39, 0.29) is 4.90 Å². The normalized spacial score (nSPS) is 13.5. The lowest BCUT2D eigenvalue weighted by molar-refractivity contribution is 0.0935. The second kappa shape index (κ2) is 7.96. The topological polar surface area (TPSA) is 66.5 Å². The molecule has 0 aliphatic rings. The molecule has 1 unspecified atom stereocenters. The fourth-order valence-electron chi connectivity index (χ4n) is 2.36. The summed E-state index contributed by atoms with van der Waals surface area (Å²) in [5.41, 5.74) is 1.06. The minimum absolute atomic E-state index is 0.0163. The molecule has 0 aromatic heterocycles. The summed E-state index contributed by atoms with van der Waals surface area (Å²) in [5, 5.41) is 0.921. The predicted molar refractivity (Wildman–Crippen MR) is 104 cm³/mol. The van der Waals surface area contributed by atoms with Crippen molar-refractivity contribution in [2.45, 2.75) is 21.7 Å². The monoisotopic (exact) mass is 414 g/mol. The van der Waals surface area contributed by atoms with E-state index in [1.807, 2.05) is 0 Å². The standard InChI is InChI=1S/C18H20Cl2N2O3S/c1-13-9-7-8-12-15(13)16(23)21-17(18(19,20)22(2)3)26(24,25)14-10-5-4-6-11-14/h4-12,17H,1-3H3,(H,21,23). The average Bonchev–Trinajstić information content (AvgIpc) is 2.60. The molecule has 0 heterocycles. The summed E-state index contributed by atoms with van der Waals surface area (Å²) in [6, 6.07) is 14.6. The van der Waals surface area contributed by atoms with Crippen molar-refractivity contribution in [3.05, 3.63) is 65.7 Å². The number of nitrogens with one attached hydrogen (secondary N) is 1. The molecule has 26 heavy (non-hydrogen) atoms. The quantitative estimate of drug-likeness (QED) is 0.581. The molecule has 0 aliphatic heterocycles. The first kappa shape index (κ1) is 20.7. The number of carbonyl (C=O) groups excluding carboxylic acids is 1. The van der Waals surface area contributed by atoms with Crippen molar-refractivity contribution in [2.75, 3.05) is 14.1 Å². The number of amides is 1. The zero-order valence-electron chi connectivity index (χ0n) is 14.6. The Balaban J connectivity index is 2.50. The molecule has 2 rings (SSSR count). The minimum Gasteiger partial charge on any atom is -0.331 e. The molecule has 1 atom stereocenters. The molecule has 1 N–H and O–H groups in total. The van der Waals surface area contributed by atoms with Crippen LogP contribution < -0.4 is 5.32 Å². The van der Waals surface area contributed by atoms with E-state index in [1.165, 1.54) is 31.1 Å². The van der Waals surface area contributed by atoms with E-state index in [4.69, 9.17) is 23.2 Å². The third kappa shape index (κ3) is 4.20. The molecule has 8 heteroatoms. The van der Waals surface area contributed by atoms with Crippen LogP contribution in [0.4, 0.5) is 0 Å². The van der Waals surface area contributed by atoms with Gasteiger partial charge in [-0.3, -0.25) is 9.69 Å². The Morgan fingerprint density at radius 1 is 1.04 bits per heavy atom. The molecule has 0 radical (unpaired) electrons. The molecule has 1 amide bonds. The van der Waals surface area contributed by atoms with Crippen LogP contribution in [0, 0.1) is 6.92 Å². The highest BCUT2D eigenvalue weighted by molar-refractivity contribution is 7.92. The van der Waals surface area contributed by atoms with Gasteiger partial charge in [0.05, 0.1) is 4.90 Å². The van der Waals surface area contributed by atoms with E-state index in [1.54, 1.807) is 49.4 Å². The molecule has 0 bridgehead atoms. The maximum Gasteiger partial charge on any atom is 0.252 e. The van der Waals surface area contributed by atoms with Crippen LogP contribution in [0.25, 0.3) is 0 Å². The third-order valence-electron chi connectivity index (χ3n) is 3.95. The molecule has 0 saturated carbocycles. The molecular formula is C18H20Cl2N2O3S. The van der Waals surface area contributed by atoms with Crippen LogP contribution in [0.2, 0.25) is 0 Å². The zero-order valence-corrected chi connectivity index (χ0v) is 16.9. The van der Waals surface area contributed by atoms with Crippen LogP contribution >= 0.6 is 23.2 Å². The molecule has 5 nitrogen and oxygen atoms in total. The van der Waals surface area contributed by atoms with Crippen molar-refractivity contribution in [3.63, 3.8) is 0 Å². The van der Waals surface area contributed by atoms with E-state index in [0.717, 1.165) is 0 Å². The Kier molecular flexibility index (Phi) is 6.34.